The first-order chi connectivity index (χ1) is 58.9. The summed E-state index contributed by atoms with van der Waals surface area (Å²) in [4.78, 5) is 69.4. The highest BCUT2D eigenvalue weighted by Gasteiger charge is 2.31. The molecule has 4 aromatic heterocycles. The number of nitrogens with zero attached hydrogens (tertiary/aromatic N) is 8. The second kappa shape index (κ2) is 42.3. The highest BCUT2D eigenvalue weighted by Crippen LogP contribution is 2.37. The largest absolute Gasteiger partial charge is 0.373 e. The van der Waals surface area contributed by atoms with Crippen LogP contribution in [0.3, 0.4) is 0 Å². The molecule has 0 N–H and O–H groups in total. The maximum Gasteiger partial charge on any atom is 0.188 e. The fourth-order valence-corrected chi connectivity index (χ4v) is 16.9. The zero-order valence-corrected chi connectivity index (χ0v) is 76.4. The van der Waals surface area contributed by atoms with Gasteiger partial charge in [0.25, 0.3) is 0 Å². The van der Waals surface area contributed by atoms with Crippen LogP contribution in [0, 0.1) is 74.6 Å². The van der Waals surface area contributed by atoms with Gasteiger partial charge in [0.05, 0.1) is 73.8 Å². The van der Waals surface area contributed by atoms with Crippen LogP contribution >= 0.6 is 63.7 Å². The first-order valence-electron chi connectivity index (χ1n) is 42.1. The molecule has 16 nitrogen and oxygen atoms in total. The monoisotopic (exact) mass is 1910 g/mol. The molecule has 24 heteroatoms. The predicted molar refractivity (Wildman–Crippen MR) is 487 cm³/mol. The number of ether oxygens (including phenoxy) is 4. The van der Waals surface area contributed by atoms with Gasteiger partial charge in [-0.15, -0.1) is 13.2 Å². The normalized spacial score (nSPS) is 13.8. The van der Waals surface area contributed by atoms with Crippen molar-refractivity contribution in [2.45, 2.75) is 163 Å². The Kier molecular flexibility index (Phi) is 31.6. The summed E-state index contributed by atoms with van der Waals surface area (Å²) in [7, 11) is 1.80. The average molecular weight is 1920 g/mol. The van der Waals surface area contributed by atoms with Crippen molar-refractivity contribution >= 4 is 131 Å². The molecule has 4 fully saturated rings. The number of unbranched alkanes of at least 4 members (excludes halogenated alkanes) is 2. The van der Waals surface area contributed by atoms with Gasteiger partial charge in [-0.25, -0.2) is 37.5 Å². The summed E-state index contributed by atoms with van der Waals surface area (Å²) in [6.07, 6.45) is 25.3. The van der Waals surface area contributed by atoms with Crippen molar-refractivity contribution in [1.29, 1.82) is 0 Å². The summed E-state index contributed by atoms with van der Waals surface area (Å²) in [6, 6.07) is 30.7. The van der Waals surface area contributed by atoms with Crippen molar-refractivity contribution in [3.8, 4) is 0 Å². The van der Waals surface area contributed by atoms with Gasteiger partial charge in [-0.3, -0.25) is 19.2 Å². The first kappa shape index (κ1) is 91.0. The Hall–Kier alpha value is -8.72. The third kappa shape index (κ3) is 23.4. The number of hydrogen-bond donors (Lipinski definition) is 0. The van der Waals surface area contributed by atoms with E-state index in [0.717, 1.165) is 140 Å². The maximum atomic E-state index is 15.8. The minimum Gasteiger partial charge on any atom is -0.373 e. The summed E-state index contributed by atoms with van der Waals surface area (Å²) in [5, 5.41) is 0. The lowest BCUT2D eigenvalue weighted by Gasteiger charge is -2.14. The van der Waals surface area contributed by atoms with Gasteiger partial charge in [0.15, 0.2) is 46.4 Å². The molecule has 0 unspecified atom stereocenters. The lowest BCUT2D eigenvalue weighted by atomic mass is 9.94. The summed E-state index contributed by atoms with van der Waals surface area (Å²) < 4.78 is 96.4. The summed E-state index contributed by atoms with van der Waals surface area (Å²) in [6.45, 7) is 22.0. The van der Waals surface area contributed by atoms with Crippen molar-refractivity contribution in [2.75, 3.05) is 52.9 Å². The number of imidazole rings is 4. The standard InChI is InChI=1S/C26H28BrFN2O2.C25H28BrFN2O2.C25H26BrFN2O2.C22H22BrFN2O2/c1-3-4-5-10-30-16-29-26-23(30)13-21(24(31)15-32-14-18-6-7-18)22(25(26)28)12-19-8-9-20(27)11-17(19)2;2*1-3-4-9-29-15-28-25-22(29)12-20(23(30)14-31-13-17-5-6-17)21(24(25)27)11-18-7-8-19(26)10-16(18)2;1-13-7-16(23)6-5-15(13)8-18-17(20(27)11-28-10-14-3-4-14)9-19-22(21(18)24)25-12-26(19)2/h3,8-9,11,13,16,18H,1,4-7,10,12,14-15H2,2H3;7-8,10,12,15,17H,3-6,9,11,13-14H2,1-2H3;3,7-8,10,12,15,17H,1,4-6,9,11,13-14H2,2H3;5-7,9,12,14H,3-4,8,10-11H2,1-2H3. The number of benzene rings is 8. The van der Waals surface area contributed by atoms with Gasteiger partial charge >= 0.3 is 0 Å². The summed E-state index contributed by atoms with van der Waals surface area (Å²) >= 11 is 13.9. The molecule has 8 aromatic carbocycles. The van der Waals surface area contributed by atoms with E-state index in [1.807, 2.05) is 132 Å². The third-order valence-electron chi connectivity index (χ3n) is 23.1. The SMILES string of the molecule is C=CCCCn1cnc2c(F)c(Cc3ccc(Br)cc3C)c(C(=O)COCC3CC3)cc21.C=CCCn1cnc2c(F)c(Cc3ccc(Br)cc3C)c(C(=O)COCC3CC3)cc21.CCCCn1cnc2c(F)c(Cc3ccc(Br)cc3C)c(C(=O)COCC3CC3)cc21.Cc1cc(Br)ccc1Cc1c(C(=O)COCC2CC2)cc2c(ncn2C)c1F. The zero-order chi connectivity index (χ0) is 86.4. The molecule has 4 aliphatic rings. The van der Waals surface area contributed by atoms with Crippen molar-refractivity contribution in [2.24, 2.45) is 30.7 Å². The minimum atomic E-state index is -0.428. The Morgan fingerprint density at radius 3 is 0.943 bits per heavy atom. The van der Waals surface area contributed by atoms with Gasteiger partial charge < -0.3 is 37.2 Å². The van der Waals surface area contributed by atoms with Gasteiger partial charge in [-0.2, -0.15) is 0 Å². The van der Waals surface area contributed by atoms with Crippen molar-refractivity contribution in [1.82, 2.24) is 38.2 Å². The van der Waals surface area contributed by atoms with Crippen LogP contribution in [0.2, 0.25) is 0 Å². The number of halogens is 8. The minimum absolute atomic E-state index is 0.0170. The lowest BCUT2D eigenvalue weighted by Crippen LogP contribution is -2.15. The van der Waals surface area contributed by atoms with Crippen LogP contribution in [0.4, 0.5) is 17.6 Å². The quantitative estimate of drug-likeness (QED) is 0.0155. The molecule has 640 valence electrons. The highest BCUT2D eigenvalue weighted by molar-refractivity contribution is 9.11. The van der Waals surface area contributed by atoms with Crippen LogP contribution in [-0.4, -0.2) is 114 Å². The molecule has 4 saturated carbocycles. The number of aromatic nitrogens is 8. The molecule has 0 saturated heterocycles. The van der Waals surface area contributed by atoms with Gasteiger partial charge in [0.1, 0.15) is 48.5 Å². The molecule has 0 bridgehead atoms. The van der Waals surface area contributed by atoms with Crippen molar-refractivity contribution < 1.29 is 55.7 Å². The Morgan fingerprint density at radius 2 is 0.664 bits per heavy atom. The van der Waals surface area contributed by atoms with Crippen molar-refractivity contribution in [3.05, 3.63) is 278 Å². The van der Waals surface area contributed by atoms with E-state index >= 15 is 17.6 Å². The number of ketones is 4. The Labute approximate surface area is 744 Å². The van der Waals surface area contributed by atoms with Crippen LogP contribution in [0.15, 0.2) is 166 Å². The maximum absolute atomic E-state index is 15.8. The Morgan fingerprint density at radius 1 is 0.393 bits per heavy atom. The second-order valence-electron chi connectivity index (χ2n) is 32.9. The molecular formula is C98H104Br4F4N8O8. The zero-order valence-electron chi connectivity index (χ0n) is 70.1. The van der Waals surface area contributed by atoms with E-state index in [4.69, 9.17) is 18.9 Å². The molecule has 0 amide bonds. The first-order valence-corrected chi connectivity index (χ1v) is 45.3. The number of rotatable bonds is 38. The topological polar surface area (TPSA) is 176 Å². The molecule has 0 atom stereocenters. The van der Waals surface area contributed by atoms with Gasteiger partial charge in [-0.1, -0.05) is 113 Å². The number of allylic oxidation sites excluding steroid dienone is 2. The molecule has 12 aromatic rings. The van der Waals surface area contributed by atoms with E-state index in [9.17, 15) is 19.2 Å². The third-order valence-corrected chi connectivity index (χ3v) is 25.1. The van der Waals surface area contributed by atoms with Crippen LogP contribution < -0.4 is 0 Å². The van der Waals surface area contributed by atoms with Gasteiger partial charge in [-0.05, 0) is 246 Å². The van der Waals surface area contributed by atoms with E-state index in [0.29, 0.717) is 178 Å². The van der Waals surface area contributed by atoms with E-state index < -0.39 is 23.3 Å². The average Bonchev–Trinajstić information content (AvgIpc) is 1.67. The number of fused-ring (bicyclic) bond motifs is 4. The molecule has 0 radical (unpaired) electrons. The van der Waals surface area contributed by atoms with Crippen LogP contribution in [-0.2, 0) is 71.3 Å². The number of aryl methyl sites for hydroxylation is 8. The summed E-state index contributed by atoms with van der Waals surface area (Å²) in [5.74, 6) is -0.122. The Balaban J connectivity index is 0.000000140. The van der Waals surface area contributed by atoms with E-state index in [-0.39, 0.29) is 49.6 Å². The van der Waals surface area contributed by atoms with E-state index in [2.05, 4.69) is 104 Å². The molecule has 4 heterocycles. The smallest absolute Gasteiger partial charge is 0.188 e. The highest BCUT2D eigenvalue weighted by atomic mass is 79.9. The Bertz CT molecular complexity index is 5860. The molecule has 0 spiro atoms. The van der Waals surface area contributed by atoms with E-state index in [1.54, 1.807) is 55.1 Å². The van der Waals surface area contributed by atoms with Gasteiger partial charge in [0.2, 0.25) is 0 Å². The molecule has 16 rings (SSSR count). The van der Waals surface area contributed by atoms with Crippen LogP contribution in [0.5, 0.6) is 0 Å². The summed E-state index contributed by atoms with van der Waals surface area (Å²) in [5.41, 5.74) is 15.0. The van der Waals surface area contributed by atoms with Crippen LogP contribution in [0.25, 0.3) is 44.1 Å². The molecule has 122 heavy (non-hydrogen) atoms. The number of Topliss-reactive ketones (excluding diaryl/α,β-unsaturated/α-hetero) is 4. The van der Waals surface area contributed by atoms with Gasteiger partial charge in [0, 0.05) is 115 Å². The molecule has 4 aliphatic carbocycles. The number of carbonyl (C=O) groups excluding carboxylic acids is 4. The number of hydrogen-bond acceptors (Lipinski definition) is 12. The number of carbonyl (C=O) groups is 4. The van der Waals surface area contributed by atoms with Crippen molar-refractivity contribution in [3.63, 3.8) is 0 Å². The fourth-order valence-electron chi connectivity index (χ4n) is 15.0. The predicted octanol–water partition coefficient (Wildman–Crippen LogP) is 23.7. The molecular weight excluding hydrogens is 1810 g/mol. The second-order valence-corrected chi connectivity index (χ2v) is 36.5. The lowest BCUT2D eigenvalue weighted by molar-refractivity contribution is 0.0734. The van der Waals surface area contributed by atoms with Crippen LogP contribution in [0.1, 0.15) is 199 Å². The fraction of sp³-hybridized carbons (Fsp3) is 0.388. The van der Waals surface area contributed by atoms with E-state index in [1.165, 1.54) is 12.8 Å². The molecule has 0 aliphatic heterocycles.